The summed E-state index contributed by atoms with van der Waals surface area (Å²) in [4.78, 5) is 51.2. The van der Waals surface area contributed by atoms with E-state index in [1.165, 1.54) is 18.3 Å². The smallest absolute Gasteiger partial charge is 0.253 e. The van der Waals surface area contributed by atoms with Crippen LogP contribution in [0.2, 0.25) is 0 Å². The van der Waals surface area contributed by atoms with E-state index in [2.05, 4.69) is 36.4 Å². The molecule has 1 aromatic heterocycles. The number of hydrogen-bond acceptors (Lipinski definition) is 4. The average Bonchev–Trinajstić information content (AvgIpc) is 2.73. The van der Waals surface area contributed by atoms with Crippen molar-refractivity contribution in [3.05, 3.63) is 64.1 Å². The lowest BCUT2D eigenvalue weighted by atomic mass is 9.82. The van der Waals surface area contributed by atoms with Crippen LogP contribution >= 0.6 is 0 Å². The first-order valence-corrected chi connectivity index (χ1v) is 10.6. The van der Waals surface area contributed by atoms with Crippen molar-refractivity contribution in [1.29, 1.82) is 0 Å². The Morgan fingerprint density at radius 2 is 1.65 bits per heavy atom. The van der Waals surface area contributed by atoms with E-state index < -0.39 is 11.9 Å². The molecule has 0 bridgehead atoms. The van der Waals surface area contributed by atoms with Crippen molar-refractivity contribution in [3.63, 3.8) is 0 Å². The average molecular weight is 424 g/mol. The van der Waals surface area contributed by atoms with Gasteiger partial charge in [0.25, 0.3) is 5.91 Å². The number of carbonyl (C=O) groups excluding carboxylic acids is 3. The molecule has 0 saturated heterocycles. The van der Waals surface area contributed by atoms with Gasteiger partial charge in [-0.3, -0.25) is 19.2 Å². The summed E-state index contributed by atoms with van der Waals surface area (Å²) in [5.41, 5.74) is 1.76. The highest BCUT2D eigenvalue weighted by atomic mass is 16.2. The zero-order chi connectivity index (χ0) is 22.6. The zero-order valence-corrected chi connectivity index (χ0v) is 18.2. The van der Waals surface area contributed by atoms with Gasteiger partial charge in [-0.1, -0.05) is 32.9 Å². The van der Waals surface area contributed by atoms with Gasteiger partial charge >= 0.3 is 0 Å². The third-order valence-electron chi connectivity index (χ3n) is 5.69. The Hall–Kier alpha value is -3.22. The van der Waals surface area contributed by atoms with E-state index in [0.717, 1.165) is 5.56 Å². The number of hydrogen-bond donors (Lipinski definition) is 3. The summed E-state index contributed by atoms with van der Waals surface area (Å²) in [5, 5.41) is 5.71. The molecule has 3 rings (SSSR count). The number of benzene rings is 1. The van der Waals surface area contributed by atoms with E-state index in [0.29, 0.717) is 31.4 Å². The van der Waals surface area contributed by atoms with Gasteiger partial charge in [-0.2, -0.15) is 0 Å². The highest BCUT2D eigenvalue weighted by molar-refractivity contribution is 6.01. The molecule has 1 fully saturated rings. The van der Waals surface area contributed by atoms with E-state index in [4.69, 9.17) is 0 Å². The zero-order valence-electron chi connectivity index (χ0n) is 18.2. The van der Waals surface area contributed by atoms with E-state index in [1.807, 2.05) is 24.3 Å². The van der Waals surface area contributed by atoms with Gasteiger partial charge in [0.15, 0.2) is 0 Å². The summed E-state index contributed by atoms with van der Waals surface area (Å²) in [5.74, 6) is -0.726. The maximum atomic E-state index is 13.1. The topological polar surface area (TPSA) is 108 Å². The summed E-state index contributed by atoms with van der Waals surface area (Å²) in [6.45, 7) is 6.36. The molecule has 0 aliphatic heterocycles. The number of anilines is 1. The van der Waals surface area contributed by atoms with Crippen molar-refractivity contribution in [1.82, 2.24) is 10.3 Å². The minimum absolute atomic E-state index is 0.00430. The van der Waals surface area contributed by atoms with Gasteiger partial charge in [-0.05, 0) is 47.9 Å². The van der Waals surface area contributed by atoms with Crippen LogP contribution in [0, 0.1) is 5.92 Å². The number of rotatable bonds is 5. The van der Waals surface area contributed by atoms with Gasteiger partial charge in [0.05, 0.1) is 5.56 Å². The Morgan fingerprint density at radius 3 is 2.19 bits per heavy atom. The lowest BCUT2D eigenvalue weighted by Crippen LogP contribution is -2.49. The predicted molar refractivity (Wildman–Crippen MR) is 119 cm³/mol. The molecule has 1 heterocycles. The van der Waals surface area contributed by atoms with E-state index in [9.17, 15) is 19.2 Å². The number of aromatic amines is 1. The number of amides is 2. The van der Waals surface area contributed by atoms with Crippen LogP contribution < -0.4 is 16.2 Å². The summed E-state index contributed by atoms with van der Waals surface area (Å²) in [7, 11) is 0. The summed E-state index contributed by atoms with van der Waals surface area (Å²) in [6, 6.07) is 9.55. The van der Waals surface area contributed by atoms with Crippen molar-refractivity contribution in [2.75, 3.05) is 5.32 Å². The second-order valence-electron chi connectivity index (χ2n) is 9.09. The second-order valence-corrected chi connectivity index (χ2v) is 9.09. The molecule has 164 valence electrons. The molecule has 1 aliphatic rings. The predicted octanol–water partition coefficient (Wildman–Crippen LogP) is 3.17. The molecule has 1 atom stereocenters. The van der Waals surface area contributed by atoms with Gasteiger partial charge in [-0.25, -0.2) is 0 Å². The number of H-pyrrole nitrogens is 1. The molecule has 3 N–H and O–H groups in total. The first kappa shape index (κ1) is 22.5. The van der Waals surface area contributed by atoms with Gasteiger partial charge in [0.1, 0.15) is 11.8 Å². The maximum Gasteiger partial charge on any atom is 0.253 e. The molecular formula is C24H29N3O4. The van der Waals surface area contributed by atoms with Crippen molar-refractivity contribution in [3.8, 4) is 0 Å². The van der Waals surface area contributed by atoms with Crippen molar-refractivity contribution >= 4 is 23.3 Å². The van der Waals surface area contributed by atoms with Gasteiger partial charge in [-0.15, -0.1) is 0 Å². The van der Waals surface area contributed by atoms with Crippen molar-refractivity contribution < 1.29 is 14.4 Å². The molecule has 1 aromatic carbocycles. The minimum Gasteiger partial charge on any atom is -0.340 e. The first-order valence-electron chi connectivity index (χ1n) is 10.6. The standard InChI is InChI=1S/C24H29N3O4/c1-24(2,3)17-7-9-18(10-8-17)26-23(31)21(15-4-11-19(28)12-5-15)27-22(30)16-6-13-20(29)25-14-16/h6-10,13-15,21H,4-5,11-12H2,1-3H3,(H,25,29)(H,26,31)(H,27,30). The SMILES string of the molecule is CC(C)(C)c1ccc(NC(=O)C(NC(=O)c2ccc(=O)[nH]c2)C2CCC(=O)CC2)cc1. The molecule has 0 spiro atoms. The third kappa shape index (κ3) is 5.90. The second kappa shape index (κ2) is 9.29. The van der Waals surface area contributed by atoms with Crippen LogP contribution in [0.15, 0.2) is 47.4 Å². The molecule has 2 aromatic rings. The van der Waals surface area contributed by atoms with Crippen molar-refractivity contribution in [2.45, 2.75) is 57.9 Å². The third-order valence-corrected chi connectivity index (χ3v) is 5.69. The van der Waals surface area contributed by atoms with E-state index >= 15 is 0 Å². The van der Waals surface area contributed by atoms with Crippen LogP contribution in [0.5, 0.6) is 0 Å². The largest absolute Gasteiger partial charge is 0.340 e. The van der Waals surface area contributed by atoms with E-state index in [1.54, 1.807) is 0 Å². The normalized spacial score (nSPS) is 15.9. The lowest BCUT2D eigenvalue weighted by molar-refractivity contribution is -0.124. The number of carbonyl (C=O) groups is 3. The van der Waals surface area contributed by atoms with Crippen LogP contribution in [0.3, 0.4) is 0 Å². The molecule has 1 saturated carbocycles. The number of Topliss-reactive ketones (excluding diaryl/α,β-unsaturated/α-hetero) is 1. The van der Waals surface area contributed by atoms with Crippen LogP contribution in [0.25, 0.3) is 0 Å². The molecule has 7 nitrogen and oxygen atoms in total. The highest BCUT2D eigenvalue weighted by Gasteiger charge is 2.33. The maximum absolute atomic E-state index is 13.1. The summed E-state index contributed by atoms with van der Waals surface area (Å²) < 4.78 is 0. The van der Waals surface area contributed by atoms with Crippen LogP contribution in [-0.2, 0) is 15.0 Å². The Kier molecular flexibility index (Phi) is 6.73. The fraction of sp³-hybridized carbons (Fsp3) is 0.417. The van der Waals surface area contributed by atoms with Gasteiger partial charge < -0.3 is 15.6 Å². The highest BCUT2D eigenvalue weighted by Crippen LogP contribution is 2.27. The fourth-order valence-electron chi connectivity index (χ4n) is 3.74. The van der Waals surface area contributed by atoms with Crippen LogP contribution in [-0.4, -0.2) is 28.6 Å². The molecule has 1 aliphatic carbocycles. The fourth-order valence-corrected chi connectivity index (χ4v) is 3.74. The van der Waals surface area contributed by atoms with Crippen molar-refractivity contribution in [2.24, 2.45) is 5.92 Å². The molecule has 2 amide bonds. The Morgan fingerprint density at radius 1 is 1.00 bits per heavy atom. The quantitative estimate of drug-likeness (QED) is 0.686. The molecule has 0 radical (unpaired) electrons. The minimum atomic E-state index is -0.783. The first-order chi connectivity index (χ1) is 14.6. The molecule has 31 heavy (non-hydrogen) atoms. The van der Waals surface area contributed by atoms with Crippen LogP contribution in [0.4, 0.5) is 5.69 Å². The number of aromatic nitrogens is 1. The van der Waals surface area contributed by atoms with Gasteiger partial charge in [0, 0.05) is 30.8 Å². The number of ketones is 1. The monoisotopic (exact) mass is 423 g/mol. The van der Waals surface area contributed by atoms with E-state index in [-0.39, 0.29) is 34.1 Å². The molecule has 7 heteroatoms. The number of nitrogens with one attached hydrogen (secondary N) is 3. The molecular weight excluding hydrogens is 394 g/mol. The van der Waals surface area contributed by atoms with Crippen LogP contribution in [0.1, 0.15) is 62.4 Å². The Bertz CT molecular complexity index is 988. The molecule has 1 unspecified atom stereocenters. The lowest BCUT2D eigenvalue weighted by Gasteiger charge is -2.29. The Labute approximate surface area is 181 Å². The van der Waals surface area contributed by atoms with Gasteiger partial charge in [0.2, 0.25) is 11.5 Å². The number of pyridine rings is 1. The summed E-state index contributed by atoms with van der Waals surface area (Å²) in [6.07, 6.45) is 3.23. The summed E-state index contributed by atoms with van der Waals surface area (Å²) >= 11 is 0. The Balaban J connectivity index is 1.77.